The van der Waals surface area contributed by atoms with E-state index >= 15 is 0 Å². The molecule has 0 bridgehead atoms. The molecule has 11 aromatic rings. The van der Waals surface area contributed by atoms with Crippen LogP contribution in [-0.2, 0) is 28.7 Å². The highest BCUT2D eigenvalue weighted by atomic mass is 15.2. The zero-order chi connectivity index (χ0) is 58.6. The highest BCUT2D eigenvalue weighted by Gasteiger charge is 2.47. The second kappa shape index (κ2) is 20.2. The summed E-state index contributed by atoms with van der Waals surface area (Å²) in [6.07, 6.45) is 0. The summed E-state index contributed by atoms with van der Waals surface area (Å²) in [7, 11) is 2.31. The molecule has 0 aliphatic carbocycles. The van der Waals surface area contributed by atoms with Crippen LogP contribution in [-0.4, -0.2) is 11.3 Å². The maximum atomic E-state index is 2.63. The summed E-state index contributed by atoms with van der Waals surface area (Å²) < 4.78 is 2.52. The van der Waals surface area contributed by atoms with Gasteiger partial charge in [-0.1, -0.05) is 235 Å². The third-order valence-corrected chi connectivity index (χ3v) is 17.8. The minimum absolute atomic E-state index is 0.00671. The van der Waals surface area contributed by atoms with E-state index in [4.69, 9.17) is 0 Å². The molecule has 0 atom stereocenters. The van der Waals surface area contributed by atoms with Crippen LogP contribution in [0.3, 0.4) is 0 Å². The van der Waals surface area contributed by atoms with Crippen LogP contribution >= 0.6 is 0 Å². The van der Waals surface area contributed by atoms with E-state index in [1.807, 2.05) is 0 Å². The summed E-state index contributed by atoms with van der Waals surface area (Å²) in [5.41, 5.74) is 27.5. The van der Waals surface area contributed by atoms with Gasteiger partial charge in [-0.3, -0.25) is 0 Å². The van der Waals surface area contributed by atoms with Gasteiger partial charge in [0.15, 0.2) is 0 Å². The van der Waals surface area contributed by atoms with Gasteiger partial charge in [0.1, 0.15) is 0 Å². The van der Waals surface area contributed by atoms with Crippen LogP contribution in [0.2, 0.25) is 0 Å². The van der Waals surface area contributed by atoms with Gasteiger partial charge in [-0.05, 0) is 162 Å². The molecule has 0 unspecified atom stereocenters. The highest BCUT2D eigenvalue weighted by molar-refractivity contribution is 7.00. The molecule has 0 N–H and O–H groups in total. The van der Waals surface area contributed by atoms with E-state index in [0.717, 1.165) is 45.4 Å². The van der Waals surface area contributed by atoms with E-state index in [9.17, 15) is 0 Å². The van der Waals surface area contributed by atoms with E-state index in [0.29, 0.717) is 0 Å². The molecule has 4 nitrogen and oxygen atoms in total. The highest BCUT2D eigenvalue weighted by Crippen LogP contribution is 2.51. The monoisotopic (exact) mass is 1090 g/mol. The summed E-state index contributed by atoms with van der Waals surface area (Å²) in [4.78, 5) is 7.72. The van der Waals surface area contributed by atoms with Crippen LogP contribution < -0.4 is 31.2 Å². The third kappa shape index (κ3) is 9.43. The summed E-state index contributed by atoms with van der Waals surface area (Å²) in [6, 6.07) is 87.5. The molecule has 1 aromatic heterocycles. The number of hydrogen-bond donors (Lipinski definition) is 0. The van der Waals surface area contributed by atoms with Gasteiger partial charge < -0.3 is 19.3 Å². The van der Waals surface area contributed by atoms with Crippen molar-refractivity contribution in [3.63, 3.8) is 0 Å². The maximum absolute atomic E-state index is 2.63. The van der Waals surface area contributed by atoms with Crippen molar-refractivity contribution < 1.29 is 0 Å². The lowest BCUT2D eigenvalue weighted by Crippen LogP contribution is -2.62. The van der Waals surface area contributed by atoms with E-state index in [1.165, 1.54) is 88.9 Å². The Bertz CT molecular complexity index is 4280. The Balaban J connectivity index is 1.16. The molecule has 416 valence electrons. The Morgan fingerprint density at radius 3 is 1.35 bits per heavy atom. The van der Waals surface area contributed by atoms with Gasteiger partial charge in [-0.15, -0.1) is 0 Å². The average Bonchev–Trinajstić information content (AvgIpc) is 2.52. The number of anilines is 9. The first-order valence-electron chi connectivity index (χ1n) is 30.1. The normalized spacial score (nSPS) is 13.2. The van der Waals surface area contributed by atoms with Crippen molar-refractivity contribution in [1.29, 1.82) is 0 Å². The van der Waals surface area contributed by atoms with Gasteiger partial charge in [0, 0.05) is 68.9 Å². The fourth-order valence-electron chi connectivity index (χ4n) is 13.2. The van der Waals surface area contributed by atoms with Crippen molar-refractivity contribution in [2.45, 2.75) is 105 Å². The minimum Gasteiger partial charge on any atom is -0.353 e. The Morgan fingerprint density at radius 1 is 0.357 bits per heavy atom. The Labute approximate surface area is 499 Å². The van der Waals surface area contributed by atoms with Crippen LogP contribution in [0.15, 0.2) is 231 Å². The van der Waals surface area contributed by atoms with E-state index in [1.54, 1.807) is 0 Å². The van der Waals surface area contributed by atoms with Gasteiger partial charge in [0.2, 0.25) is 0 Å². The predicted octanol–water partition coefficient (Wildman–Crippen LogP) is 19.9. The second-order valence-corrected chi connectivity index (χ2v) is 27.6. The number of benzene rings is 10. The molecule has 0 amide bonds. The molecule has 10 aromatic carbocycles. The van der Waals surface area contributed by atoms with Crippen molar-refractivity contribution in [1.82, 2.24) is 4.57 Å². The molecular weight excluding hydrogens is 1020 g/mol. The molecule has 0 saturated heterocycles. The predicted molar refractivity (Wildman–Crippen MR) is 363 cm³/mol. The zero-order valence-corrected chi connectivity index (χ0v) is 51.3. The molecular formula is C79H77BN4. The van der Waals surface area contributed by atoms with Crippen molar-refractivity contribution in [3.05, 3.63) is 253 Å². The SMILES string of the molecule is Cn1c2c(c3cc(C(C)(C)C)ccc31)N(c1ccc(C(C)(C)C)cc1)c1cc(-c3ccccc3-c3ccccc3)cc3c1B2c1ccc(N(c2ccc(C(C)(C)C)cc2)c2ccccc2-c2ccccc2)cc1N3c1ccc(C(C)(C)C)cc1. The molecule has 0 saturated carbocycles. The van der Waals surface area contributed by atoms with Crippen LogP contribution in [0.1, 0.15) is 105 Å². The van der Waals surface area contributed by atoms with E-state index in [2.05, 4.69) is 340 Å². The van der Waals surface area contributed by atoms with Gasteiger partial charge in [0.25, 0.3) is 6.71 Å². The molecule has 84 heavy (non-hydrogen) atoms. The lowest BCUT2D eigenvalue weighted by molar-refractivity contribution is 0.590. The Morgan fingerprint density at radius 2 is 0.798 bits per heavy atom. The van der Waals surface area contributed by atoms with E-state index in [-0.39, 0.29) is 28.4 Å². The lowest BCUT2D eigenvalue weighted by Gasteiger charge is -2.44. The average molecular weight is 1090 g/mol. The fourth-order valence-corrected chi connectivity index (χ4v) is 13.2. The number of aryl methyl sites for hydroxylation is 1. The summed E-state index contributed by atoms with van der Waals surface area (Å²) in [6.45, 7) is 27.6. The van der Waals surface area contributed by atoms with Crippen molar-refractivity contribution >= 4 is 85.3 Å². The number of hydrogen-bond acceptors (Lipinski definition) is 3. The van der Waals surface area contributed by atoms with Crippen LogP contribution in [0.5, 0.6) is 0 Å². The fraction of sp³-hybridized carbons (Fsp3) is 0.215. The van der Waals surface area contributed by atoms with Crippen molar-refractivity contribution in [2.24, 2.45) is 7.05 Å². The summed E-state index contributed by atoms with van der Waals surface area (Å²) >= 11 is 0. The Hall–Kier alpha value is -8.80. The van der Waals surface area contributed by atoms with E-state index < -0.39 is 0 Å². The number of aromatic nitrogens is 1. The number of nitrogens with zero attached hydrogens (tertiary/aromatic N) is 4. The first-order valence-corrected chi connectivity index (χ1v) is 30.1. The van der Waals surface area contributed by atoms with Gasteiger partial charge in [-0.25, -0.2) is 0 Å². The first kappa shape index (κ1) is 54.5. The number of para-hydroxylation sites is 1. The number of rotatable bonds is 8. The standard InChI is InChI=1S/C79H77BN4/c1-76(2,3)55-32-39-59(40-33-55)82(69-31-23-22-30-65(69)53-26-18-15-19-27-53)62-45-46-67-70(51-62)83(60-41-34-56(35-42-60)77(4,5)6)71-48-54(64-29-21-20-28-63(64)52-24-16-14-17-25-52)49-72-73(71)80(67)75-74(84(72)61-43-36-57(37-44-61)78(7,8)9)66-50-58(79(10,11)12)38-47-68(66)81(75)13/h14-51H,1-13H3. The first-order chi connectivity index (χ1) is 40.1. The smallest absolute Gasteiger partial charge is 0.272 e. The molecule has 13 rings (SSSR count). The number of fused-ring (bicyclic) bond motifs is 6. The van der Waals surface area contributed by atoms with Crippen molar-refractivity contribution in [3.8, 4) is 33.4 Å². The molecule has 2 aliphatic rings. The van der Waals surface area contributed by atoms with Gasteiger partial charge in [-0.2, -0.15) is 0 Å². The molecule has 0 radical (unpaired) electrons. The van der Waals surface area contributed by atoms with Crippen LogP contribution in [0, 0.1) is 0 Å². The minimum atomic E-state index is -0.144. The zero-order valence-electron chi connectivity index (χ0n) is 51.3. The second-order valence-electron chi connectivity index (χ2n) is 27.6. The maximum Gasteiger partial charge on any atom is 0.272 e. The summed E-state index contributed by atoms with van der Waals surface area (Å²) in [5.74, 6) is 0. The lowest BCUT2D eigenvalue weighted by atomic mass is 9.35. The van der Waals surface area contributed by atoms with Gasteiger partial charge >= 0.3 is 0 Å². The summed E-state index contributed by atoms with van der Waals surface area (Å²) in [5, 5.41) is 1.25. The third-order valence-electron chi connectivity index (χ3n) is 17.8. The quantitative estimate of drug-likeness (QED) is 0.141. The van der Waals surface area contributed by atoms with Crippen LogP contribution in [0.25, 0.3) is 44.3 Å². The molecule has 0 fully saturated rings. The van der Waals surface area contributed by atoms with Crippen LogP contribution in [0.4, 0.5) is 51.2 Å². The molecule has 5 heteroatoms. The molecule has 2 aliphatic heterocycles. The molecule has 3 heterocycles. The van der Waals surface area contributed by atoms with Crippen molar-refractivity contribution in [2.75, 3.05) is 14.7 Å². The Kier molecular flexibility index (Phi) is 13.1. The van der Waals surface area contributed by atoms with Gasteiger partial charge in [0.05, 0.1) is 11.4 Å². The molecule has 0 spiro atoms. The topological polar surface area (TPSA) is 14.7 Å². The largest absolute Gasteiger partial charge is 0.353 e.